The van der Waals surface area contributed by atoms with Crippen LogP contribution in [0.3, 0.4) is 0 Å². The maximum Gasteiger partial charge on any atom is 0.296 e. The van der Waals surface area contributed by atoms with Gasteiger partial charge in [-0.3, -0.25) is 9.55 Å². The monoisotopic (exact) mass is 300 g/mol. The molecule has 0 aromatic carbocycles. The molecule has 0 bridgehead atoms. The third-order valence-electron chi connectivity index (χ3n) is 2.72. The fourth-order valence-corrected chi connectivity index (χ4v) is 2.84. The van der Waals surface area contributed by atoms with Gasteiger partial charge < -0.3 is 0 Å². The third-order valence-corrected chi connectivity index (χ3v) is 3.87. The van der Waals surface area contributed by atoms with Crippen molar-refractivity contribution in [3.05, 3.63) is 23.5 Å². The van der Waals surface area contributed by atoms with E-state index in [0.717, 1.165) is 17.0 Å². The lowest BCUT2D eigenvalue weighted by Gasteiger charge is -2.08. The highest BCUT2D eigenvalue weighted by Crippen LogP contribution is 2.24. The van der Waals surface area contributed by atoms with Crippen molar-refractivity contribution in [3.8, 4) is 11.4 Å². The number of aryl methyl sites for hydroxylation is 2. The van der Waals surface area contributed by atoms with Crippen LogP contribution in [0, 0.1) is 13.8 Å². The van der Waals surface area contributed by atoms with Gasteiger partial charge in [-0.25, -0.2) is 8.42 Å². The van der Waals surface area contributed by atoms with Crippen LogP contribution in [0.4, 0.5) is 0 Å². The van der Waals surface area contributed by atoms with Crippen LogP contribution in [0.1, 0.15) is 18.3 Å². The molecule has 2 rings (SSSR count). The van der Waals surface area contributed by atoms with Gasteiger partial charge in [-0.1, -0.05) is 0 Å². The van der Waals surface area contributed by atoms with Crippen molar-refractivity contribution in [1.82, 2.24) is 19.7 Å². The number of halogens is 1. The predicted octanol–water partition coefficient (Wildman–Crippen LogP) is 1.90. The Morgan fingerprint density at radius 1 is 1.26 bits per heavy atom. The van der Waals surface area contributed by atoms with Crippen molar-refractivity contribution >= 4 is 19.7 Å². The summed E-state index contributed by atoms with van der Waals surface area (Å²) >= 11 is 0. The van der Waals surface area contributed by atoms with E-state index in [0.29, 0.717) is 12.4 Å². The minimum absolute atomic E-state index is 0.244. The molecular formula is C11H13ClN4O2S. The molecule has 102 valence electrons. The number of nitrogens with zero attached hydrogens (tertiary/aromatic N) is 4. The van der Waals surface area contributed by atoms with Crippen LogP contribution in [-0.4, -0.2) is 28.2 Å². The van der Waals surface area contributed by atoms with Crippen LogP contribution < -0.4 is 0 Å². The van der Waals surface area contributed by atoms with E-state index >= 15 is 0 Å². The van der Waals surface area contributed by atoms with Gasteiger partial charge in [0.15, 0.2) is 5.82 Å². The number of pyridine rings is 1. The maximum absolute atomic E-state index is 11.4. The summed E-state index contributed by atoms with van der Waals surface area (Å²) in [5, 5.41) is 7.34. The summed E-state index contributed by atoms with van der Waals surface area (Å²) < 4.78 is 24.3. The average Bonchev–Trinajstić information content (AvgIpc) is 2.72. The van der Waals surface area contributed by atoms with Gasteiger partial charge in [-0.2, -0.15) is 0 Å². The second-order valence-corrected chi connectivity index (χ2v) is 6.53. The van der Waals surface area contributed by atoms with Gasteiger partial charge >= 0.3 is 0 Å². The van der Waals surface area contributed by atoms with Crippen molar-refractivity contribution in [2.45, 2.75) is 32.5 Å². The van der Waals surface area contributed by atoms with Gasteiger partial charge in [0.25, 0.3) is 14.2 Å². The summed E-state index contributed by atoms with van der Waals surface area (Å²) in [6.45, 7) is 5.92. The van der Waals surface area contributed by atoms with Crippen molar-refractivity contribution in [2.75, 3.05) is 0 Å². The van der Waals surface area contributed by atoms with Crippen LogP contribution in [0.15, 0.2) is 17.3 Å². The summed E-state index contributed by atoms with van der Waals surface area (Å²) in [4.78, 5) is 4.33. The summed E-state index contributed by atoms with van der Waals surface area (Å²) in [5.41, 5.74) is 2.39. The third kappa shape index (κ3) is 2.62. The van der Waals surface area contributed by atoms with E-state index in [9.17, 15) is 8.42 Å². The largest absolute Gasteiger partial charge is 0.297 e. The minimum Gasteiger partial charge on any atom is -0.297 e. The molecule has 19 heavy (non-hydrogen) atoms. The second-order valence-electron chi connectivity index (χ2n) is 4.07. The lowest BCUT2D eigenvalue weighted by Crippen LogP contribution is -2.07. The van der Waals surface area contributed by atoms with Gasteiger partial charge in [0.1, 0.15) is 0 Å². The molecule has 0 saturated heterocycles. The highest BCUT2D eigenvalue weighted by molar-refractivity contribution is 8.13. The molecule has 0 spiro atoms. The predicted molar refractivity (Wildman–Crippen MR) is 71.4 cm³/mol. The standard InChI is InChI=1S/C11H13ClN4O2S/c1-4-16-10(14-15-11(16)19(12,17)18)9-6-5-7(2)13-8(9)3/h5-6H,4H2,1-3H3. The van der Waals surface area contributed by atoms with Crippen LogP contribution in [0.2, 0.25) is 0 Å². The Morgan fingerprint density at radius 2 is 1.95 bits per heavy atom. The Kier molecular flexibility index (Phi) is 3.60. The van der Waals surface area contributed by atoms with Crippen molar-refractivity contribution in [2.24, 2.45) is 0 Å². The first-order valence-corrected chi connectivity index (χ1v) is 7.98. The van der Waals surface area contributed by atoms with Crippen LogP contribution in [-0.2, 0) is 15.6 Å². The Morgan fingerprint density at radius 3 is 2.47 bits per heavy atom. The molecule has 2 aromatic heterocycles. The van der Waals surface area contributed by atoms with E-state index in [-0.39, 0.29) is 5.16 Å². The topological polar surface area (TPSA) is 77.7 Å². The van der Waals surface area contributed by atoms with E-state index < -0.39 is 9.05 Å². The molecule has 8 heteroatoms. The zero-order valence-corrected chi connectivity index (χ0v) is 12.3. The van der Waals surface area contributed by atoms with E-state index in [1.807, 2.05) is 26.0 Å². The first-order chi connectivity index (χ1) is 8.84. The Hall–Kier alpha value is -1.47. The van der Waals surface area contributed by atoms with Gasteiger partial charge in [0.2, 0.25) is 0 Å². The molecule has 2 aromatic rings. The lowest BCUT2D eigenvalue weighted by molar-refractivity contribution is 0.582. The fraction of sp³-hybridized carbons (Fsp3) is 0.364. The van der Waals surface area contributed by atoms with Gasteiger partial charge in [0.05, 0.1) is 0 Å². The van der Waals surface area contributed by atoms with Crippen LogP contribution in [0.25, 0.3) is 11.4 Å². The molecule has 0 fully saturated rings. The Bertz CT molecular complexity index is 724. The first kappa shape index (κ1) is 14.0. The van der Waals surface area contributed by atoms with Crippen molar-refractivity contribution < 1.29 is 8.42 Å². The summed E-state index contributed by atoms with van der Waals surface area (Å²) in [6, 6.07) is 3.68. The number of hydrogen-bond donors (Lipinski definition) is 0. The fourth-order valence-electron chi connectivity index (χ4n) is 1.88. The smallest absolute Gasteiger partial charge is 0.296 e. The molecule has 0 amide bonds. The van der Waals surface area contributed by atoms with E-state index in [1.165, 1.54) is 4.57 Å². The van der Waals surface area contributed by atoms with E-state index in [1.54, 1.807) is 6.92 Å². The molecule has 0 saturated carbocycles. The molecule has 0 atom stereocenters. The average molecular weight is 301 g/mol. The summed E-state index contributed by atoms with van der Waals surface area (Å²) in [5.74, 6) is 0.451. The molecule has 2 heterocycles. The lowest BCUT2D eigenvalue weighted by atomic mass is 10.2. The maximum atomic E-state index is 11.4. The van der Waals surface area contributed by atoms with E-state index in [2.05, 4.69) is 15.2 Å². The number of rotatable bonds is 3. The van der Waals surface area contributed by atoms with Gasteiger partial charge in [-0.15, -0.1) is 10.2 Å². The second kappa shape index (κ2) is 4.90. The zero-order valence-electron chi connectivity index (χ0n) is 10.8. The molecular weight excluding hydrogens is 288 g/mol. The van der Waals surface area contributed by atoms with E-state index in [4.69, 9.17) is 10.7 Å². The van der Waals surface area contributed by atoms with Gasteiger partial charge in [-0.05, 0) is 32.9 Å². The van der Waals surface area contributed by atoms with Crippen molar-refractivity contribution in [3.63, 3.8) is 0 Å². The SMILES string of the molecule is CCn1c(-c2ccc(C)nc2C)nnc1S(=O)(=O)Cl. The molecule has 0 aliphatic carbocycles. The van der Waals surface area contributed by atoms with Gasteiger partial charge in [0, 0.05) is 34.2 Å². The number of hydrogen-bond acceptors (Lipinski definition) is 5. The van der Waals surface area contributed by atoms with Crippen molar-refractivity contribution in [1.29, 1.82) is 0 Å². The summed E-state index contributed by atoms with van der Waals surface area (Å²) in [7, 11) is 1.43. The first-order valence-electron chi connectivity index (χ1n) is 5.67. The quantitative estimate of drug-likeness (QED) is 0.809. The molecule has 0 aliphatic rings. The van der Waals surface area contributed by atoms with Crippen LogP contribution >= 0.6 is 10.7 Å². The normalized spacial score (nSPS) is 11.8. The van der Waals surface area contributed by atoms with Crippen LogP contribution in [0.5, 0.6) is 0 Å². The minimum atomic E-state index is -3.91. The highest BCUT2D eigenvalue weighted by atomic mass is 35.7. The Labute approximate surface area is 115 Å². The highest BCUT2D eigenvalue weighted by Gasteiger charge is 2.23. The summed E-state index contributed by atoms with van der Waals surface area (Å²) in [6.07, 6.45) is 0. The Balaban J connectivity index is 2.67. The molecule has 6 nitrogen and oxygen atoms in total. The number of aromatic nitrogens is 4. The molecule has 0 radical (unpaired) electrons. The molecule has 0 aliphatic heterocycles. The zero-order chi connectivity index (χ0) is 14.2. The molecule has 0 N–H and O–H groups in total. The molecule has 0 unspecified atom stereocenters.